The third-order valence-electron chi connectivity index (χ3n) is 3.65. The number of hydrogen-bond donors (Lipinski definition) is 1. The van der Waals surface area contributed by atoms with Gasteiger partial charge >= 0.3 is 0 Å². The van der Waals surface area contributed by atoms with E-state index < -0.39 is 23.6 Å². The Morgan fingerprint density at radius 2 is 2.08 bits per heavy atom. The highest BCUT2D eigenvalue weighted by Gasteiger charge is 2.31. The van der Waals surface area contributed by atoms with Crippen LogP contribution >= 0.6 is 11.6 Å². The molecule has 24 heavy (non-hydrogen) atoms. The second kappa shape index (κ2) is 6.57. The highest BCUT2D eigenvalue weighted by molar-refractivity contribution is 6.34. The van der Waals surface area contributed by atoms with Crippen molar-refractivity contribution in [1.29, 1.82) is 0 Å². The number of carbonyl (C=O) groups is 1. The van der Waals surface area contributed by atoms with Crippen LogP contribution in [0.2, 0.25) is 5.02 Å². The maximum atomic E-state index is 13.9. The van der Waals surface area contributed by atoms with Gasteiger partial charge in [0.1, 0.15) is 11.6 Å². The van der Waals surface area contributed by atoms with Crippen molar-refractivity contribution >= 4 is 28.9 Å². The molecule has 1 N–H and O–H groups in total. The fourth-order valence-corrected chi connectivity index (χ4v) is 2.60. The van der Waals surface area contributed by atoms with E-state index in [1.54, 1.807) is 19.1 Å². The number of halogens is 3. The molecule has 1 amide bonds. The van der Waals surface area contributed by atoms with Gasteiger partial charge in [0.25, 0.3) is 5.91 Å². The molecular weight excluding hydrogens is 338 g/mol. The number of rotatable bonds is 3. The summed E-state index contributed by atoms with van der Waals surface area (Å²) in [4.78, 5) is 17.3. The third kappa shape index (κ3) is 3.23. The average molecular weight is 351 g/mol. The summed E-state index contributed by atoms with van der Waals surface area (Å²) in [5, 5.41) is 6.50. The highest BCUT2D eigenvalue weighted by Crippen LogP contribution is 2.26. The van der Waals surface area contributed by atoms with Gasteiger partial charge in [0.2, 0.25) is 6.10 Å². The van der Waals surface area contributed by atoms with E-state index in [0.717, 1.165) is 0 Å². The quantitative estimate of drug-likeness (QED) is 0.907. The predicted octanol–water partition coefficient (Wildman–Crippen LogP) is 4.06. The lowest BCUT2D eigenvalue weighted by Gasteiger charge is -2.10. The van der Waals surface area contributed by atoms with Gasteiger partial charge in [0.15, 0.2) is 0 Å². The zero-order valence-corrected chi connectivity index (χ0v) is 13.4. The maximum absolute atomic E-state index is 13.9. The molecule has 124 valence electrons. The molecule has 0 saturated carbocycles. The molecular formula is C17H13ClF2N2O2. The van der Waals surface area contributed by atoms with Crippen molar-refractivity contribution in [3.8, 4) is 0 Å². The van der Waals surface area contributed by atoms with E-state index in [1.165, 1.54) is 24.3 Å². The topological polar surface area (TPSA) is 50.7 Å². The summed E-state index contributed by atoms with van der Waals surface area (Å²) >= 11 is 5.98. The van der Waals surface area contributed by atoms with E-state index in [0.29, 0.717) is 11.3 Å². The molecule has 1 aliphatic rings. The summed E-state index contributed by atoms with van der Waals surface area (Å²) in [6.07, 6.45) is -0.860. The first kappa shape index (κ1) is 16.4. The molecule has 2 aromatic carbocycles. The molecule has 0 aliphatic carbocycles. The smallest absolute Gasteiger partial charge is 0.268 e. The van der Waals surface area contributed by atoms with Gasteiger partial charge in [-0.3, -0.25) is 4.79 Å². The Morgan fingerprint density at radius 3 is 2.79 bits per heavy atom. The summed E-state index contributed by atoms with van der Waals surface area (Å²) in [5.41, 5.74) is 1.16. The van der Waals surface area contributed by atoms with E-state index in [4.69, 9.17) is 16.4 Å². The normalized spacial score (nSPS) is 16.5. The summed E-state index contributed by atoms with van der Waals surface area (Å²) in [6.45, 7) is 1.62. The van der Waals surface area contributed by atoms with Crippen LogP contribution in [0, 0.1) is 18.6 Å². The monoisotopic (exact) mass is 350 g/mol. The second-order valence-corrected chi connectivity index (χ2v) is 5.79. The molecule has 7 heteroatoms. The van der Waals surface area contributed by atoms with Crippen molar-refractivity contribution in [2.45, 2.75) is 19.4 Å². The molecule has 1 unspecified atom stereocenters. The predicted molar refractivity (Wildman–Crippen MR) is 87.2 cm³/mol. The number of nitrogens with zero attached hydrogens (tertiary/aromatic N) is 1. The van der Waals surface area contributed by atoms with Gasteiger partial charge in [-0.1, -0.05) is 28.9 Å². The van der Waals surface area contributed by atoms with Crippen LogP contribution in [0.25, 0.3) is 0 Å². The Bertz CT molecular complexity index is 819. The SMILES string of the molecule is Cc1ccc(NC(=O)C2CC(c3c(F)cccc3Cl)=NO2)cc1F. The molecule has 0 aromatic heterocycles. The Labute approximate surface area is 142 Å². The summed E-state index contributed by atoms with van der Waals surface area (Å²) in [6, 6.07) is 8.63. The average Bonchev–Trinajstić information content (AvgIpc) is 3.00. The summed E-state index contributed by atoms with van der Waals surface area (Å²) in [5.74, 6) is -1.45. The van der Waals surface area contributed by atoms with Crippen molar-refractivity contribution in [2.75, 3.05) is 5.32 Å². The molecule has 2 aromatic rings. The first-order chi connectivity index (χ1) is 11.5. The number of hydrogen-bond acceptors (Lipinski definition) is 3. The van der Waals surface area contributed by atoms with Crippen molar-refractivity contribution < 1.29 is 18.4 Å². The Hall–Kier alpha value is -2.47. The Balaban J connectivity index is 1.70. The Kier molecular flexibility index (Phi) is 4.49. The van der Waals surface area contributed by atoms with Gasteiger partial charge in [-0.15, -0.1) is 0 Å². The van der Waals surface area contributed by atoms with Crippen LogP contribution in [0.15, 0.2) is 41.6 Å². The summed E-state index contributed by atoms with van der Waals surface area (Å²) in [7, 11) is 0. The van der Waals surface area contributed by atoms with Gasteiger partial charge in [0, 0.05) is 12.1 Å². The van der Waals surface area contributed by atoms with Crippen molar-refractivity contribution in [2.24, 2.45) is 5.16 Å². The van der Waals surface area contributed by atoms with Gasteiger partial charge in [-0.05, 0) is 36.8 Å². The number of amides is 1. The molecule has 0 bridgehead atoms. The fourth-order valence-electron chi connectivity index (χ4n) is 2.33. The molecule has 0 saturated heterocycles. The number of oxime groups is 1. The lowest BCUT2D eigenvalue weighted by atomic mass is 10.0. The van der Waals surface area contributed by atoms with E-state index in [-0.39, 0.29) is 22.7 Å². The van der Waals surface area contributed by atoms with E-state index in [2.05, 4.69) is 10.5 Å². The molecule has 3 rings (SSSR count). The molecule has 1 heterocycles. The number of carbonyl (C=O) groups excluding carboxylic acids is 1. The molecule has 0 radical (unpaired) electrons. The van der Waals surface area contributed by atoms with Crippen molar-refractivity contribution in [3.63, 3.8) is 0 Å². The fraction of sp³-hybridized carbons (Fsp3) is 0.176. The minimum Gasteiger partial charge on any atom is -0.382 e. The standard InChI is InChI=1S/C17H13ClF2N2O2/c1-9-5-6-10(7-13(9)20)21-17(23)15-8-14(22-24-15)16-11(18)3-2-4-12(16)19/h2-7,15H,8H2,1H3,(H,21,23). The lowest BCUT2D eigenvalue weighted by molar-refractivity contribution is -0.125. The van der Waals surface area contributed by atoms with E-state index >= 15 is 0 Å². The Morgan fingerprint density at radius 1 is 1.29 bits per heavy atom. The van der Waals surface area contributed by atoms with Gasteiger partial charge in [-0.2, -0.15) is 0 Å². The van der Waals surface area contributed by atoms with Gasteiger partial charge in [0.05, 0.1) is 16.3 Å². The number of benzene rings is 2. The van der Waals surface area contributed by atoms with Crippen LogP contribution in [0.1, 0.15) is 17.5 Å². The molecule has 1 atom stereocenters. The van der Waals surface area contributed by atoms with Crippen LogP contribution in [0.5, 0.6) is 0 Å². The van der Waals surface area contributed by atoms with Crippen LogP contribution in [-0.4, -0.2) is 17.7 Å². The zero-order chi connectivity index (χ0) is 17.3. The highest BCUT2D eigenvalue weighted by atomic mass is 35.5. The number of aryl methyl sites for hydroxylation is 1. The molecule has 1 aliphatic heterocycles. The third-order valence-corrected chi connectivity index (χ3v) is 3.97. The van der Waals surface area contributed by atoms with Crippen molar-refractivity contribution in [3.05, 3.63) is 64.2 Å². The second-order valence-electron chi connectivity index (χ2n) is 5.39. The summed E-state index contributed by atoms with van der Waals surface area (Å²) < 4.78 is 27.4. The van der Waals surface area contributed by atoms with Crippen LogP contribution < -0.4 is 5.32 Å². The van der Waals surface area contributed by atoms with Crippen molar-refractivity contribution in [1.82, 2.24) is 0 Å². The first-order valence-corrected chi connectivity index (χ1v) is 7.57. The van der Waals surface area contributed by atoms with Crippen LogP contribution in [0.3, 0.4) is 0 Å². The lowest BCUT2D eigenvalue weighted by Crippen LogP contribution is -2.28. The minimum absolute atomic E-state index is 0.0703. The van der Waals surface area contributed by atoms with Crippen LogP contribution in [-0.2, 0) is 9.63 Å². The minimum atomic E-state index is -0.931. The largest absolute Gasteiger partial charge is 0.382 e. The van der Waals surface area contributed by atoms with E-state index in [9.17, 15) is 13.6 Å². The zero-order valence-electron chi connectivity index (χ0n) is 12.6. The molecule has 0 fully saturated rings. The van der Waals surface area contributed by atoms with Gasteiger partial charge in [-0.25, -0.2) is 8.78 Å². The van der Waals surface area contributed by atoms with E-state index in [1.807, 2.05) is 0 Å². The first-order valence-electron chi connectivity index (χ1n) is 7.20. The number of anilines is 1. The maximum Gasteiger partial charge on any atom is 0.268 e. The van der Waals surface area contributed by atoms with Crippen LogP contribution in [0.4, 0.5) is 14.5 Å². The van der Waals surface area contributed by atoms with Gasteiger partial charge < -0.3 is 10.2 Å². The molecule has 4 nitrogen and oxygen atoms in total. The number of nitrogens with one attached hydrogen (secondary N) is 1. The molecule has 0 spiro atoms.